The minimum absolute atomic E-state index is 0.00742. The van der Waals surface area contributed by atoms with Crippen molar-refractivity contribution in [3.8, 4) is 0 Å². The molecule has 0 saturated carbocycles. The van der Waals surface area contributed by atoms with Crippen molar-refractivity contribution in [2.24, 2.45) is 0 Å². The van der Waals surface area contributed by atoms with Crippen molar-refractivity contribution in [1.29, 1.82) is 0 Å². The molecule has 1 amide bonds. The molecule has 0 bridgehead atoms. The van der Waals surface area contributed by atoms with Crippen LogP contribution in [0.2, 0.25) is 0 Å². The van der Waals surface area contributed by atoms with Crippen LogP contribution >= 0.6 is 0 Å². The van der Waals surface area contributed by atoms with Gasteiger partial charge in [-0.3, -0.25) is 9.59 Å². The number of fused-ring (bicyclic) bond motifs is 1. The van der Waals surface area contributed by atoms with Gasteiger partial charge in [0.1, 0.15) is 17.5 Å². The topological polar surface area (TPSA) is 175 Å². The van der Waals surface area contributed by atoms with Crippen molar-refractivity contribution in [3.05, 3.63) is 47.2 Å². The zero-order valence-electron chi connectivity index (χ0n) is 19.8. The number of aryl methyl sites for hydroxylation is 2. The molecule has 11 nitrogen and oxygen atoms in total. The summed E-state index contributed by atoms with van der Waals surface area (Å²) in [5, 5.41) is 3.41. The zero-order chi connectivity index (χ0) is 25.4. The highest BCUT2D eigenvalue weighted by molar-refractivity contribution is 5.97. The Hall–Kier alpha value is -4.15. The lowest BCUT2D eigenvalue weighted by Gasteiger charge is -2.17. The van der Waals surface area contributed by atoms with E-state index in [1.807, 2.05) is 18.3 Å². The number of hydrogen-bond acceptors (Lipinski definition) is 9. The molecule has 2 heterocycles. The normalized spacial score (nSPS) is 11.7. The number of nitrogens with zero attached hydrogens (tertiary/aromatic N) is 2. The molecule has 6 N–H and O–H groups in total. The van der Waals surface area contributed by atoms with Crippen LogP contribution in [0.15, 0.2) is 30.5 Å². The van der Waals surface area contributed by atoms with Crippen molar-refractivity contribution in [3.63, 3.8) is 0 Å². The zero-order valence-corrected chi connectivity index (χ0v) is 19.8. The Balaban J connectivity index is 1.62. The van der Waals surface area contributed by atoms with E-state index >= 15 is 0 Å². The minimum atomic E-state index is -0.949. The molecule has 0 spiro atoms. The van der Waals surface area contributed by atoms with Gasteiger partial charge in [0.05, 0.1) is 18.6 Å². The fraction of sp³-hybridized carbons (Fsp3) is 0.375. The fourth-order valence-corrected chi connectivity index (χ4v) is 3.67. The highest BCUT2D eigenvalue weighted by atomic mass is 16.5. The SMILES string of the molecule is CCOC(=O)CC[C@H](NC(=O)c1ccc(CCc2c[nH]c3nc(N)nc(N)c23)cc1)C(=O)OCC. The van der Waals surface area contributed by atoms with Gasteiger partial charge in [-0.05, 0) is 56.4 Å². The van der Waals surface area contributed by atoms with E-state index in [0.29, 0.717) is 29.9 Å². The number of benzene rings is 1. The van der Waals surface area contributed by atoms with Crippen LogP contribution < -0.4 is 16.8 Å². The lowest BCUT2D eigenvalue weighted by atomic mass is 10.0. The summed E-state index contributed by atoms with van der Waals surface area (Å²) in [7, 11) is 0. The maximum atomic E-state index is 12.7. The van der Waals surface area contributed by atoms with Crippen LogP contribution in [-0.2, 0) is 31.9 Å². The predicted octanol–water partition coefficient (Wildman–Crippen LogP) is 1.91. The number of carbonyl (C=O) groups excluding carboxylic acids is 3. The molecule has 35 heavy (non-hydrogen) atoms. The monoisotopic (exact) mass is 482 g/mol. The van der Waals surface area contributed by atoms with Crippen molar-refractivity contribution < 1.29 is 23.9 Å². The number of aromatic amines is 1. The number of nitrogens with two attached hydrogens (primary N) is 2. The van der Waals surface area contributed by atoms with Crippen molar-refractivity contribution in [1.82, 2.24) is 20.3 Å². The number of ether oxygens (including phenoxy) is 2. The van der Waals surface area contributed by atoms with Crippen molar-refractivity contribution in [2.75, 3.05) is 24.7 Å². The standard InChI is InChI=1S/C24H30N6O5/c1-3-34-18(31)12-11-17(23(33)35-4-2)28-22(32)15-8-5-14(6-9-15)7-10-16-13-27-21-19(16)20(25)29-24(26)30-21/h5-6,8-9,13,17H,3-4,7,10-12H2,1-2H3,(H,28,32)(H5,25,26,27,29,30)/t17-/m0/s1. The van der Waals surface area contributed by atoms with Gasteiger partial charge >= 0.3 is 11.9 Å². The first-order chi connectivity index (χ1) is 16.8. The molecule has 0 fully saturated rings. The summed E-state index contributed by atoms with van der Waals surface area (Å²) in [6.07, 6.45) is 3.30. The molecule has 11 heteroatoms. The minimum Gasteiger partial charge on any atom is -0.466 e. The van der Waals surface area contributed by atoms with Gasteiger partial charge in [-0.15, -0.1) is 0 Å². The van der Waals surface area contributed by atoms with Crippen LogP contribution in [0.1, 0.15) is 48.2 Å². The molecule has 1 aromatic carbocycles. The fourth-order valence-electron chi connectivity index (χ4n) is 3.67. The molecule has 1 atom stereocenters. The number of anilines is 2. The van der Waals surface area contributed by atoms with Crippen molar-refractivity contribution in [2.45, 2.75) is 45.6 Å². The number of nitrogen functional groups attached to an aromatic ring is 2. The van der Waals surface area contributed by atoms with E-state index < -0.39 is 23.9 Å². The average Bonchev–Trinajstić information content (AvgIpc) is 3.24. The Morgan fingerprint density at radius 3 is 2.43 bits per heavy atom. The lowest BCUT2D eigenvalue weighted by Crippen LogP contribution is -2.42. The van der Waals surface area contributed by atoms with Gasteiger partial charge in [0.15, 0.2) is 0 Å². The van der Waals surface area contributed by atoms with Crippen LogP contribution in [-0.4, -0.2) is 52.1 Å². The van der Waals surface area contributed by atoms with E-state index in [0.717, 1.165) is 16.5 Å². The van der Waals surface area contributed by atoms with E-state index in [9.17, 15) is 14.4 Å². The Labute approximate surface area is 202 Å². The third-order valence-corrected chi connectivity index (χ3v) is 5.38. The molecule has 0 aliphatic heterocycles. The molecular weight excluding hydrogens is 452 g/mol. The Morgan fingerprint density at radius 1 is 1.03 bits per heavy atom. The van der Waals surface area contributed by atoms with Gasteiger partial charge in [-0.1, -0.05) is 12.1 Å². The number of carbonyl (C=O) groups is 3. The Bertz CT molecular complexity index is 1190. The summed E-state index contributed by atoms with van der Waals surface area (Å²) >= 11 is 0. The number of hydrogen-bond donors (Lipinski definition) is 4. The van der Waals surface area contributed by atoms with Crippen LogP contribution in [0, 0.1) is 0 Å². The van der Waals surface area contributed by atoms with E-state index in [4.69, 9.17) is 20.9 Å². The molecule has 186 valence electrons. The number of esters is 2. The summed E-state index contributed by atoms with van der Waals surface area (Å²) in [6.45, 7) is 3.79. The summed E-state index contributed by atoms with van der Waals surface area (Å²) in [5.74, 6) is -1.02. The van der Waals surface area contributed by atoms with Crippen LogP contribution in [0.4, 0.5) is 11.8 Å². The van der Waals surface area contributed by atoms with E-state index in [1.165, 1.54) is 0 Å². The van der Waals surface area contributed by atoms with Gasteiger partial charge in [-0.25, -0.2) is 4.79 Å². The van der Waals surface area contributed by atoms with Gasteiger partial charge in [0.25, 0.3) is 5.91 Å². The second kappa shape index (κ2) is 11.8. The highest BCUT2D eigenvalue weighted by Gasteiger charge is 2.24. The Morgan fingerprint density at radius 2 is 1.74 bits per heavy atom. The van der Waals surface area contributed by atoms with Crippen LogP contribution in [0.3, 0.4) is 0 Å². The summed E-state index contributed by atoms with van der Waals surface area (Å²) < 4.78 is 9.93. The van der Waals surface area contributed by atoms with E-state index in [2.05, 4.69) is 20.3 Å². The second-order valence-electron chi connectivity index (χ2n) is 7.82. The van der Waals surface area contributed by atoms with Gasteiger partial charge in [-0.2, -0.15) is 9.97 Å². The molecule has 3 rings (SSSR count). The lowest BCUT2D eigenvalue weighted by molar-refractivity contribution is -0.146. The molecule has 0 unspecified atom stereocenters. The van der Waals surface area contributed by atoms with E-state index in [1.54, 1.807) is 26.0 Å². The summed E-state index contributed by atoms with van der Waals surface area (Å²) in [6, 6.07) is 6.12. The first-order valence-corrected chi connectivity index (χ1v) is 11.4. The summed E-state index contributed by atoms with van der Waals surface area (Å²) in [5.41, 5.74) is 14.6. The number of H-pyrrole nitrogens is 1. The molecule has 0 aliphatic rings. The largest absolute Gasteiger partial charge is 0.466 e. The maximum Gasteiger partial charge on any atom is 0.328 e. The van der Waals surface area contributed by atoms with Gasteiger partial charge in [0.2, 0.25) is 5.95 Å². The molecule has 0 radical (unpaired) electrons. The third kappa shape index (κ3) is 6.69. The second-order valence-corrected chi connectivity index (χ2v) is 7.82. The quantitative estimate of drug-likeness (QED) is 0.297. The summed E-state index contributed by atoms with van der Waals surface area (Å²) in [4.78, 5) is 47.9. The molecule has 2 aromatic heterocycles. The van der Waals surface area contributed by atoms with Crippen LogP contribution in [0.5, 0.6) is 0 Å². The number of amides is 1. The predicted molar refractivity (Wildman–Crippen MR) is 130 cm³/mol. The Kier molecular flexibility index (Phi) is 8.60. The van der Waals surface area contributed by atoms with Gasteiger partial charge in [0, 0.05) is 18.2 Å². The average molecular weight is 483 g/mol. The number of nitrogens with one attached hydrogen (secondary N) is 2. The number of rotatable bonds is 11. The maximum absolute atomic E-state index is 12.7. The van der Waals surface area contributed by atoms with E-state index in [-0.39, 0.29) is 32.0 Å². The highest BCUT2D eigenvalue weighted by Crippen LogP contribution is 2.24. The smallest absolute Gasteiger partial charge is 0.328 e. The van der Waals surface area contributed by atoms with Gasteiger partial charge < -0.3 is 31.2 Å². The van der Waals surface area contributed by atoms with Crippen LogP contribution in [0.25, 0.3) is 11.0 Å². The number of aromatic nitrogens is 3. The third-order valence-electron chi connectivity index (χ3n) is 5.38. The first kappa shape index (κ1) is 25.5. The molecule has 0 saturated heterocycles. The molecule has 3 aromatic rings. The first-order valence-electron chi connectivity index (χ1n) is 11.4. The van der Waals surface area contributed by atoms with Crippen molar-refractivity contribution >= 4 is 40.6 Å². The molecule has 0 aliphatic carbocycles. The molecular formula is C24H30N6O5.